The number of halogens is 1. The lowest BCUT2D eigenvalue weighted by atomic mass is 10.1. The summed E-state index contributed by atoms with van der Waals surface area (Å²) in [4.78, 5) is 25.1. The van der Waals surface area contributed by atoms with Gasteiger partial charge in [-0.05, 0) is 6.08 Å². The van der Waals surface area contributed by atoms with Crippen molar-refractivity contribution in [1.29, 1.82) is 0 Å². The Balaban J connectivity index is 1.59. The van der Waals surface area contributed by atoms with E-state index >= 15 is 0 Å². The summed E-state index contributed by atoms with van der Waals surface area (Å²) in [5.74, 6) is 0.608. The second kappa shape index (κ2) is 6.34. The number of nitrogens with one attached hydrogen (secondary N) is 2. The van der Waals surface area contributed by atoms with E-state index in [-0.39, 0.29) is 12.0 Å². The van der Waals surface area contributed by atoms with Crippen LogP contribution in [0.25, 0.3) is 11.0 Å². The minimum atomic E-state index is -0.158. The van der Waals surface area contributed by atoms with E-state index in [2.05, 4.69) is 31.9 Å². The van der Waals surface area contributed by atoms with Gasteiger partial charge in [0.2, 0.25) is 17.7 Å². The van der Waals surface area contributed by atoms with Crippen LogP contribution in [0.5, 0.6) is 5.88 Å². The molecule has 3 aromatic heterocycles. The van der Waals surface area contributed by atoms with Crippen molar-refractivity contribution >= 4 is 40.2 Å². The van der Waals surface area contributed by atoms with Crippen molar-refractivity contribution in [2.75, 3.05) is 18.4 Å². The molecular weight excluding hydrogens is 358 g/mol. The van der Waals surface area contributed by atoms with Crippen LogP contribution in [0.3, 0.4) is 0 Å². The maximum atomic E-state index is 11.6. The van der Waals surface area contributed by atoms with E-state index in [1.165, 1.54) is 6.08 Å². The molecule has 0 radical (unpaired) electrons. The predicted octanol–water partition coefficient (Wildman–Crippen LogP) is 1.86. The van der Waals surface area contributed by atoms with Gasteiger partial charge in [-0.1, -0.05) is 18.2 Å². The van der Waals surface area contributed by atoms with Gasteiger partial charge in [0, 0.05) is 19.4 Å². The molecule has 2 N–H and O–H groups in total. The number of hydrogen-bond donors (Lipinski definition) is 2. The summed E-state index contributed by atoms with van der Waals surface area (Å²) in [6, 6.07) is 0. The first-order chi connectivity index (χ1) is 12.5. The van der Waals surface area contributed by atoms with Crippen LogP contribution in [0.1, 0.15) is 0 Å². The molecular formula is C16H16ClN7O2. The monoisotopic (exact) mass is 373 g/mol. The number of carbonyl (C=O) groups is 1. The van der Waals surface area contributed by atoms with Gasteiger partial charge in [-0.2, -0.15) is 15.1 Å². The maximum absolute atomic E-state index is 11.6. The van der Waals surface area contributed by atoms with E-state index in [9.17, 15) is 4.79 Å². The normalized spacial score (nSPS) is 14.3. The van der Waals surface area contributed by atoms with Gasteiger partial charge in [0.05, 0.1) is 35.4 Å². The van der Waals surface area contributed by atoms with E-state index < -0.39 is 0 Å². The minimum Gasteiger partial charge on any atom is -0.470 e. The summed E-state index contributed by atoms with van der Waals surface area (Å²) in [7, 11) is 1.82. The number of fused-ring (bicyclic) bond motifs is 1. The van der Waals surface area contributed by atoms with E-state index in [1.54, 1.807) is 28.2 Å². The lowest BCUT2D eigenvalue weighted by Crippen LogP contribution is -2.55. The van der Waals surface area contributed by atoms with Gasteiger partial charge in [0.25, 0.3) is 0 Å². The lowest BCUT2D eigenvalue weighted by Gasteiger charge is -2.38. The smallest absolute Gasteiger partial charge is 0.246 e. The minimum absolute atomic E-state index is 0.115. The molecule has 0 aromatic carbocycles. The number of aryl methyl sites for hydroxylation is 1. The summed E-state index contributed by atoms with van der Waals surface area (Å²) in [6.07, 6.45) is 6.24. The van der Waals surface area contributed by atoms with Crippen LogP contribution in [-0.4, -0.2) is 54.7 Å². The van der Waals surface area contributed by atoms with Crippen molar-refractivity contribution in [2.45, 2.75) is 6.10 Å². The molecule has 1 aliphatic rings. The Kier molecular flexibility index (Phi) is 4.00. The number of anilines is 2. The molecule has 0 bridgehead atoms. The number of ether oxygens (including phenoxy) is 1. The Labute approximate surface area is 153 Å². The largest absolute Gasteiger partial charge is 0.470 e. The summed E-state index contributed by atoms with van der Waals surface area (Å²) >= 11 is 6.24. The zero-order valence-corrected chi connectivity index (χ0v) is 14.7. The first-order valence-electron chi connectivity index (χ1n) is 7.92. The molecule has 1 fully saturated rings. The molecule has 1 amide bonds. The van der Waals surface area contributed by atoms with Crippen LogP contribution in [0.15, 0.2) is 31.2 Å². The first-order valence-corrected chi connectivity index (χ1v) is 8.29. The molecule has 0 aliphatic carbocycles. The third-order valence-electron chi connectivity index (χ3n) is 4.02. The Hall–Kier alpha value is -3.07. The predicted molar refractivity (Wildman–Crippen MR) is 96.6 cm³/mol. The zero-order valence-electron chi connectivity index (χ0n) is 13.9. The van der Waals surface area contributed by atoms with Crippen LogP contribution in [0.2, 0.25) is 5.02 Å². The van der Waals surface area contributed by atoms with Crippen LogP contribution in [0.4, 0.5) is 11.6 Å². The van der Waals surface area contributed by atoms with Gasteiger partial charge in [-0.15, -0.1) is 0 Å². The van der Waals surface area contributed by atoms with Crippen molar-refractivity contribution in [3.8, 4) is 5.88 Å². The average molecular weight is 374 g/mol. The van der Waals surface area contributed by atoms with E-state index in [1.807, 2.05) is 7.05 Å². The molecule has 134 valence electrons. The van der Waals surface area contributed by atoms with E-state index in [0.29, 0.717) is 41.0 Å². The highest BCUT2D eigenvalue weighted by molar-refractivity contribution is 6.35. The Bertz CT molecular complexity index is 990. The number of nitrogens with zero attached hydrogens (tertiary/aromatic N) is 5. The number of likely N-dealkylation sites (tertiary alicyclic amines) is 1. The van der Waals surface area contributed by atoms with Gasteiger partial charge in [-0.25, -0.2) is 0 Å². The third-order valence-corrected chi connectivity index (χ3v) is 4.32. The number of aromatic nitrogens is 5. The molecule has 1 saturated heterocycles. The third kappa shape index (κ3) is 2.97. The molecule has 9 nitrogen and oxygen atoms in total. The summed E-state index contributed by atoms with van der Waals surface area (Å²) in [5.41, 5.74) is 1.31. The fourth-order valence-electron chi connectivity index (χ4n) is 2.70. The Morgan fingerprint density at radius 2 is 2.31 bits per heavy atom. The molecule has 4 heterocycles. The van der Waals surface area contributed by atoms with E-state index in [0.717, 1.165) is 5.69 Å². The number of amides is 1. The van der Waals surface area contributed by atoms with E-state index in [4.69, 9.17) is 16.3 Å². The van der Waals surface area contributed by atoms with Gasteiger partial charge in [0.15, 0.2) is 0 Å². The fourth-order valence-corrected chi connectivity index (χ4v) is 2.92. The van der Waals surface area contributed by atoms with Crippen LogP contribution in [-0.2, 0) is 11.8 Å². The fraction of sp³-hybridized carbons (Fsp3) is 0.250. The molecule has 0 unspecified atom stereocenters. The zero-order chi connectivity index (χ0) is 18.3. The second-order valence-electron chi connectivity index (χ2n) is 5.93. The van der Waals surface area contributed by atoms with Gasteiger partial charge < -0.3 is 19.9 Å². The highest BCUT2D eigenvalue weighted by Crippen LogP contribution is 2.32. The van der Waals surface area contributed by atoms with Gasteiger partial charge >= 0.3 is 0 Å². The summed E-state index contributed by atoms with van der Waals surface area (Å²) < 4.78 is 7.64. The Morgan fingerprint density at radius 3 is 3.00 bits per heavy atom. The molecule has 4 rings (SSSR count). The van der Waals surface area contributed by atoms with Crippen molar-refractivity contribution < 1.29 is 9.53 Å². The lowest BCUT2D eigenvalue weighted by molar-refractivity contribution is -0.134. The highest BCUT2D eigenvalue weighted by Gasteiger charge is 2.32. The summed E-state index contributed by atoms with van der Waals surface area (Å²) in [5, 5.41) is 8.27. The van der Waals surface area contributed by atoms with Crippen LogP contribution in [0, 0.1) is 0 Å². The van der Waals surface area contributed by atoms with Crippen molar-refractivity contribution in [1.82, 2.24) is 29.6 Å². The average Bonchev–Trinajstić information content (AvgIpc) is 3.15. The van der Waals surface area contributed by atoms with Crippen LogP contribution < -0.4 is 10.1 Å². The SMILES string of the molecule is C=CC(=O)N1CC(Oc2nc(Nc3cnn(C)c3)nc3[nH]cc(Cl)c23)C1. The van der Waals surface area contributed by atoms with Crippen molar-refractivity contribution in [2.24, 2.45) is 7.05 Å². The Morgan fingerprint density at radius 1 is 1.50 bits per heavy atom. The molecule has 0 saturated carbocycles. The van der Waals surface area contributed by atoms with Crippen LogP contribution >= 0.6 is 11.6 Å². The molecule has 0 atom stereocenters. The second-order valence-corrected chi connectivity index (χ2v) is 6.33. The number of carbonyl (C=O) groups excluding carboxylic acids is 1. The molecule has 1 aliphatic heterocycles. The quantitative estimate of drug-likeness (QED) is 0.662. The van der Waals surface area contributed by atoms with Crippen molar-refractivity contribution in [3.63, 3.8) is 0 Å². The maximum Gasteiger partial charge on any atom is 0.246 e. The molecule has 26 heavy (non-hydrogen) atoms. The molecule has 3 aromatic rings. The molecule has 0 spiro atoms. The first kappa shape index (κ1) is 16.4. The number of H-pyrrole nitrogens is 1. The number of hydrogen-bond acceptors (Lipinski definition) is 6. The van der Waals surface area contributed by atoms with Gasteiger partial charge in [0.1, 0.15) is 11.8 Å². The molecule has 10 heteroatoms. The number of rotatable bonds is 5. The topological polar surface area (TPSA) is 101 Å². The van der Waals surface area contributed by atoms with Crippen molar-refractivity contribution in [3.05, 3.63) is 36.3 Å². The highest BCUT2D eigenvalue weighted by atomic mass is 35.5. The standard InChI is InChI=1S/C16H16ClN7O2/c1-3-12(25)24-7-10(8-24)26-15-13-11(17)5-18-14(13)21-16(22-15)20-9-4-19-23(2)6-9/h3-6,10H,1,7-8H2,2H3,(H2,18,20,21,22). The summed E-state index contributed by atoms with van der Waals surface area (Å²) in [6.45, 7) is 4.43. The van der Waals surface area contributed by atoms with Gasteiger partial charge in [-0.3, -0.25) is 9.48 Å². The number of aromatic amines is 1.